The molecule has 0 unspecified atom stereocenters. The lowest BCUT2D eigenvalue weighted by Crippen LogP contribution is -2.34. The molecule has 0 radical (unpaired) electrons. The predicted molar refractivity (Wildman–Crippen MR) is 96.7 cm³/mol. The van der Waals surface area contributed by atoms with E-state index < -0.39 is 0 Å². The highest BCUT2D eigenvalue weighted by molar-refractivity contribution is 5.89. The van der Waals surface area contributed by atoms with Gasteiger partial charge in [-0.2, -0.15) is 10.2 Å². The van der Waals surface area contributed by atoms with Gasteiger partial charge in [0.25, 0.3) is 0 Å². The molecule has 26 heavy (non-hydrogen) atoms. The van der Waals surface area contributed by atoms with Gasteiger partial charge in [-0.15, -0.1) is 0 Å². The minimum absolute atomic E-state index is 0.221. The van der Waals surface area contributed by atoms with Crippen molar-refractivity contribution in [2.75, 3.05) is 5.32 Å². The Bertz CT molecular complexity index is 855. The first kappa shape index (κ1) is 17.6. The zero-order valence-electron chi connectivity index (χ0n) is 15.0. The Balaban J connectivity index is 1.71. The number of carbonyl (C=O) groups excluding carboxylic acids is 1. The Morgan fingerprint density at radius 2 is 2.08 bits per heavy atom. The molecular formula is C17H22N8O. The molecule has 2 heterocycles. The van der Waals surface area contributed by atoms with Gasteiger partial charge in [-0.3, -0.25) is 4.68 Å². The van der Waals surface area contributed by atoms with Gasteiger partial charge in [-0.05, 0) is 30.5 Å². The van der Waals surface area contributed by atoms with Crippen LogP contribution in [0, 0.1) is 5.92 Å². The van der Waals surface area contributed by atoms with Crippen LogP contribution in [0.25, 0.3) is 5.69 Å². The molecule has 0 saturated heterocycles. The van der Waals surface area contributed by atoms with E-state index >= 15 is 0 Å². The third kappa shape index (κ3) is 4.24. The van der Waals surface area contributed by atoms with Crippen molar-refractivity contribution < 1.29 is 4.79 Å². The molecule has 9 nitrogen and oxygen atoms in total. The van der Waals surface area contributed by atoms with Crippen molar-refractivity contribution in [3.05, 3.63) is 49.1 Å². The number of hydrogen-bond donors (Lipinski definition) is 2. The second-order valence-electron chi connectivity index (χ2n) is 6.41. The zero-order valence-corrected chi connectivity index (χ0v) is 15.0. The number of rotatable bonds is 6. The molecule has 1 aromatic carbocycles. The molecule has 0 bridgehead atoms. The number of benzene rings is 1. The van der Waals surface area contributed by atoms with E-state index in [1.54, 1.807) is 15.7 Å². The van der Waals surface area contributed by atoms with Gasteiger partial charge in [0.15, 0.2) is 0 Å². The van der Waals surface area contributed by atoms with Gasteiger partial charge in [-0.25, -0.2) is 19.4 Å². The first-order valence-electron chi connectivity index (χ1n) is 8.39. The van der Waals surface area contributed by atoms with E-state index in [0.29, 0.717) is 11.6 Å². The molecule has 136 valence electrons. The van der Waals surface area contributed by atoms with Crippen molar-refractivity contribution in [1.82, 2.24) is 34.8 Å². The van der Waals surface area contributed by atoms with Crippen molar-refractivity contribution in [2.24, 2.45) is 13.0 Å². The molecule has 1 atom stereocenters. The lowest BCUT2D eigenvalue weighted by molar-refractivity contribution is 0.245. The van der Waals surface area contributed by atoms with E-state index in [9.17, 15) is 4.79 Å². The van der Waals surface area contributed by atoms with Gasteiger partial charge in [0.1, 0.15) is 24.8 Å². The maximum atomic E-state index is 12.5. The molecule has 0 aliphatic heterocycles. The summed E-state index contributed by atoms with van der Waals surface area (Å²) < 4.78 is 3.31. The number of nitrogens with one attached hydrogen (secondary N) is 2. The summed E-state index contributed by atoms with van der Waals surface area (Å²) in [5, 5.41) is 14.0. The average molecular weight is 354 g/mol. The topological polar surface area (TPSA) is 103 Å². The van der Waals surface area contributed by atoms with E-state index in [1.807, 2.05) is 31.3 Å². The normalized spacial score (nSPS) is 12.2. The molecule has 0 saturated carbocycles. The third-order valence-electron chi connectivity index (χ3n) is 3.86. The van der Waals surface area contributed by atoms with Crippen molar-refractivity contribution in [3.8, 4) is 5.69 Å². The number of aromatic nitrogens is 6. The predicted octanol–water partition coefficient (Wildman–Crippen LogP) is 2.30. The van der Waals surface area contributed by atoms with Crippen LogP contribution in [0.3, 0.4) is 0 Å². The van der Waals surface area contributed by atoms with Gasteiger partial charge >= 0.3 is 6.03 Å². The van der Waals surface area contributed by atoms with Crippen LogP contribution in [0.1, 0.15) is 32.1 Å². The van der Waals surface area contributed by atoms with Crippen LogP contribution in [0.5, 0.6) is 0 Å². The number of aryl methyl sites for hydroxylation is 1. The SMILES string of the molecule is CC(C)C[C@H](NC(=O)Nc1cccc(-n2cncn2)c1)c1ncnn1C. The first-order chi connectivity index (χ1) is 12.5. The second kappa shape index (κ2) is 7.77. The Morgan fingerprint density at radius 3 is 2.73 bits per heavy atom. The van der Waals surface area contributed by atoms with E-state index in [2.05, 4.69) is 44.6 Å². The Labute approximate surface area is 151 Å². The lowest BCUT2D eigenvalue weighted by atomic mass is 10.0. The molecule has 2 N–H and O–H groups in total. The zero-order chi connectivity index (χ0) is 18.5. The third-order valence-corrected chi connectivity index (χ3v) is 3.86. The summed E-state index contributed by atoms with van der Waals surface area (Å²) in [6.07, 6.45) is 5.32. The molecule has 3 aromatic rings. The second-order valence-corrected chi connectivity index (χ2v) is 6.41. The maximum Gasteiger partial charge on any atom is 0.319 e. The van der Waals surface area contributed by atoms with Crippen LogP contribution in [-0.4, -0.2) is 35.6 Å². The number of urea groups is 1. The summed E-state index contributed by atoms with van der Waals surface area (Å²) in [5.41, 5.74) is 1.48. The Kier molecular flexibility index (Phi) is 5.26. The summed E-state index contributed by atoms with van der Waals surface area (Å²) >= 11 is 0. The Morgan fingerprint density at radius 1 is 1.23 bits per heavy atom. The molecule has 0 fully saturated rings. The minimum Gasteiger partial charge on any atom is -0.328 e. The monoisotopic (exact) mass is 354 g/mol. The van der Waals surface area contributed by atoms with Crippen molar-refractivity contribution >= 4 is 11.7 Å². The van der Waals surface area contributed by atoms with Gasteiger partial charge in [0, 0.05) is 12.7 Å². The Hall–Kier alpha value is -3.23. The maximum absolute atomic E-state index is 12.5. The van der Waals surface area contributed by atoms with Crippen LogP contribution >= 0.6 is 0 Å². The van der Waals surface area contributed by atoms with E-state index in [0.717, 1.165) is 17.9 Å². The van der Waals surface area contributed by atoms with Gasteiger partial charge in [0.05, 0.1) is 11.7 Å². The highest BCUT2D eigenvalue weighted by Crippen LogP contribution is 2.19. The highest BCUT2D eigenvalue weighted by atomic mass is 16.2. The van der Waals surface area contributed by atoms with Crippen LogP contribution in [-0.2, 0) is 7.05 Å². The van der Waals surface area contributed by atoms with Crippen LogP contribution in [0.2, 0.25) is 0 Å². The fraction of sp³-hybridized carbons (Fsp3) is 0.353. The van der Waals surface area contributed by atoms with E-state index in [-0.39, 0.29) is 12.1 Å². The van der Waals surface area contributed by atoms with Crippen LogP contribution in [0.15, 0.2) is 43.2 Å². The summed E-state index contributed by atoms with van der Waals surface area (Å²) in [7, 11) is 1.82. The van der Waals surface area contributed by atoms with Crippen molar-refractivity contribution in [2.45, 2.75) is 26.3 Å². The fourth-order valence-electron chi connectivity index (χ4n) is 2.71. The number of anilines is 1. The summed E-state index contributed by atoms with van der Waals surface area (Å²) in [4.78, 5) is 20.7. The molecule has 2 aromatic heterocycles. The van der Waals surface area contributed by atoms with Crippen LogP contribution in [0.4, 0.5) is 10.5 Å². The smallest absolute Gasteiger partial charge is 0.319 e. The number of amides is 2. The van der Waals surface area contributed by atoms with Crippen molar-refractivity contribution in [3.63, 3.8) is 0 Å². The van der Waals surface area contributed by atoms with Crippen molar-refractivity contribution in [1.29, 1.82) is 0 Å². The standard InChI is InChI=1S/C17H22N8O/c1-12(2)7-15(16-19-10-20-24(16)3)23-17(26)22-13-5-4-6-14(8-13)25-11-18-9-21-25/h4-6,8-12,15H,7H2,1-3H3,(H2,22,23,26)/t15-/m0/s1. The quantitative estimate of drug-likeness (QED) is 0.707. The number of nitrogens with zero attached hydrogens (tertiary/aromatic N) is 6. The summed E-state index contributed by atoms with van der Waals surface area (Å²) in [6, 6.07) is 6.86. The summed E-state index contributed by atoms with van der Waals surface area (Å²) in [6.45, 7) is 4.20. The molecule has 0 aliphatic rings. The first-order valence-corrected chi connectivity index (χ1v) is 8.39. The van der Waals surface area contributed by atoms with Gasteiger partial charge in [-0.1, -0.05) is 19.9 Å². The van der Waals surface area contributed by atoms with E-state index in [4.69, 9.17) is 0 Å². The summed E-state index contributed by atoms with van der Waals surface area (Å²) in [5.74, 6) is 1.12. The molecule has 9 heteroatoms. The van der Waals surface area contributed by atoms with Gasteiger partial charge < -0.3 is 10.6 Å². The van der Waals surface area contributed by atoms with Gasteiger partial charge in [0.2, 0.25) is 0 Å². The largest absolute Gasteiger partial charge is 0.328 e. The molecule has 2 amide bonds. The molecule has 0 aliphatic carbocycles. The van der Waals surface area contributed by atoms with Crippen LogP contribution < -0.4 is 10.6 Å². The average Bonchev–Trinajstić information content (AvgIpc) is 3.25. The van der Waals surface area contributed by atoms with E-state index in [1.165, 1.54) is 12.7 Å². The number of carbonyl (C=O) groups is 1. The molecule has 3 rings (SSSR count). The minimum atomic E-state index is -0.297. The molecule has 0 spiro atoms. The number of hydrogen-bond acceptors (Lipinski definition) is 5. The fourth-order valence-corrected chi connectivity index (χ4v) is 2.71. The lowest BCUT2D eigenvalue weighted by Gasteiger charge is -2.20. The highest BCUT2D eigenvalue weighted by Gasteiger charge is 2.20. The molecular weight excluding hydrogens is 332 g/mol.